The normalized spacial score (nSPS) is 10.6. The average Bonchev–Trinajstić information content (AvgIpc) is 2.87. The quantitative estimate of drug-likeness (QED) is 0.540. The zero-order valence-electron chi connectivity index (χ0n) is 13.2. The molecule has 1 heterocycles. The van der Waals surface area contributed by atoms with Crippen LogP contribution in [-0.4, -0.2) is 40.7 Å². The predicted octanol–water partition coefficient (Wildman–Crippen LogP) is 3.45. The highest BCUT2D eigenvalue weighted by Crippen LogP contribution is 2.20. The summed E-state index contributed by atoms with van der Waals surface area (Å²) < 4.78 is 2.31. The summed E-state index contributed by atoms with van der Waals surface area (Å²) in [6.07, 6.45) is 1.75. The van der Waals surface area contributed by atoms with Crippen LogP contribution in [0.15, 0.2) is 36.9 Å². The summed E-state index contributed by atoms with van der Waals surface area (Å²) in [7, 11) is 1.82. The number of nitrogens with one attached hydrogen (secondary N) is 2. The largest absolute Gasteiger partial charge is 0.357 e. The SMILES string of the molecule is C=CCNc1nn(CN(C)CC(=O)Nc2ccccc2Cl)c(=S)s1. The summed E-state index contributed by atoms with van der Waals surface area (Å²) in [5.74, 6) is -0.155. The van der Waals surface area contributed by atoms with Gasteiger partial charge in [-0.25, -0.2) is 4.68 Å². The van der Waals surface area contributed by atoms with Gasteiger partial charge in [-0.1, -0.05) is 41.1 Å². The second-order valence-corrected chi connectivity index (χ2v) is 7.06. The maximum absolute atomic E-state index is 12.1. The Bertz CT molecular complexity index is 773. The first-order chi connectivity index (χ1) is 11.5. The number of hydrogen-bond donors (Lipinski definition) is 2. The molecular weight excluding hydrogens is 366 g/mol. The molecule has 0 radical (unpaired) electrons. The van der Waals surface area contributed by atoms with E-state index < -0.39 is 0 Å². The molecule has 0 bridgehead atoms. The number of hydrogen-bond acceptors (Lipinski definition) is 6. The molecule has 0 saturated heterocycles. The van der Waals surface area contributed by atoms with E-state index in [2.05, 4.69) is 22.3 Å². The number of carbonyl (C=O) groups is 1. The molecule has 1 aromatic carbocycles. The minimum atomic E-state index is -0.155. The van der Waals surface area contributed by atoms with Crippen LogP contribution < -0.4 is 10.6 Å². The molecule has 2 rings (SSSR count). The van der Waals surface area contributed by atoms with E-state index in [-0.39, 0.29) is 12.5 Å². The van der Waals surface area contributed by atoms with Crippen LogP contribution in [0.2, 0.25) is 5.02 Å². The van der Waals surface area contributed by atoms with Gasteiger partial charge in [0.15, 0.2) is 3.95 Å². The molecule has 0 aliphatic rings. The fraction of sp³-hybridized carbons (Fsp3) is 0.267. The van der Waals surface area contributed by atoms with Crippen LogP contribution in [-0.2, 0) is 11.5 Å². The molecule has 0 aliphatic carbocycles. The van der Waals surface area contributed by atoms with E-state index in [1.165, 1.54) is 11.3 Å². The van der Waals surface area contributed by atoms with Gasteiger partial charge in [-0.2, -0.15) is 0 Å². The molecule has 0 aliphatic heterocycles. The maximum atomic E-state index is 12.1. The van der Waals surface area contributed by atoms with Crippen LogP contribution in [0.5, 0.6) is 0 Å². The molecule has 24 heavy (non-hydrogen) atoms. The first-order valence-electron chi connectivity index (χ1n) is 7.15. The molecule has 0 fully saturated rings. The van der Waals surface area contributed by atoms with Crippen molar-refractivity contribution in [2.75, 3.05) is 30.8 Å². The minimum absolute atomic E-state index is 0.155. The Morgan fingerprint density at radius 2 is 2.29 bits per heavy atom. The topological polar surface area (TPSA) is 62.2 Å². The fourth-order valence-corrected chi connectivity index (χ4v) is 3.09. The Hall–Kier alpha value is -1.74. The molecule has 2 aromatic rings. The van der Waals surface area contributed by atoms with E-state index in [0.29, 0.717) is 27.9 Å². The number of likely N-dealkylation sites (N-methyl/N-ethyl adjacent to an activating group) is 1. The van der Waals surface area contributed by atoms with E-state index in [1.54, 1.807) is 22.9 Å². The Morgan fingerprint density at radius 3 is 3.00 bits per heavy atom. The lowest BCUT2D eigenvalue weighted by Crippen LogP contribution is -2.32. The van der Waals surface area contributed by atoms with Crippen molar-refractivity contribution >= 4 is 51.9 Å². The van der Waals surface area contributed by atoms with Crippen molar-refractivity contribution in [1.29, 1.82) is 0 Å². The van der Waals surface area contributed by atoms with Gasteiger partial charge < -0.3 is 10.6 Å². The van der Waals surface area contributed by atoms with Crippen LogP contribution >= 0.6 is 35.2 Å². The van der Waals surface area contributed by atoms with Gasteiger partial charge in [0.1, 0.15) is 0 Å². The van der Waals surface area contributed by atoms with Crippen LogP contribution in [0, 0.1) is 3.95 Å². The second kappa shape index (κ2) is 8.93. The van der Waals surface area contributed by atoms with E-state index in [1.807, 2.05) is 24.1 Å². The Balaban J connectivity index is 1.91. The lowest BCUT2D eigenvalue weighted by atomic mass is 10.3. The number of amides is 1. The minimum Gasteiger partial charge on any atom is -0.357 e. The van der Waals surface area contributed by atoms with E-state index >= 15 is 0 Å². The first-order valence-corrected chi connectivity index (χ1v) is 8.75. The standard InChI is InChI=1S/C15H18ClN5OS2/c1-3-8-17-14-19-21(15(23)24-14)10-20(2)9-13(22)18-12-7-5-4-6-11(12)16/h3-7H,1,8-10H2,2H3,(H,17,19)(H,18,22). The van der Waals surface area contributed by atoms with Crippen molar-refractivity contribution in [3.05, 3.63) is 45.9 Å². The van der Waals surface area contributed by atoms with E-state index in [0.717, 1.165) is 5.13 Å². The van der Waals surface area contributed by atoms with Crippen molar-refractivity contribution in [3.8, 4) is 0 Å². The van der Waals surface area contributed by atoms with Crippen molar-refractivity contribution in [1.82, 2.24) is 14.7 Å². The highest BCUT2D eigenvalue weighted by atomic mass is 35.5. The van der Waals surface area contributed by atoms with Gasteiger partial charge in [0.05, 0.1) is 23.9 Å². The molecule has 128 valence electrons. The third-order valence-corrected chi connectivity index (χ3v) is 4.54. The van der Waals surface area contributed by atoms with Crippen molar-refractivity contribution in [2.24, 2.45) is 0 Å². The molecule has 0 spiro atoms. The zero-order chi connectivity index (χ0) is 17.5. The van der Waals surface area contributed by atoms with Gasteiger partial charge in [-0.3, -0.25) is 9.69 Å². The highest BCUT2D eigenvalue weighted by Gasteiger charge is 2.11. The van der Waals surface area contributed by atoms with Gasteiger partial charge in [-0.05, 0) is 31.4 Å². The lowest BCUT2D eigenvalue weighted by molar-refractivity contribution is -0.117. The fourth-order valence-electron chi connectivity index (χ4n) is 1.90. The molecule has 0 saturated carbocycles. The first kappa shape index (κ1) is 18.6. The number of carbonyl (C=O) groups excluding carboxylic acids is 1. The Kier molecular flexibility index (Phi) is 6.92. The third-order valence-electron chi connectivity index (χ3n) is 2.94. The zero-order valence-corrected chi connectivity index (χ0v) is 15.5. The summed E-state index contributed by atoms with van der Waals surface area (Å²) in [5, 5.41) is 11.5. The van der Waals surface area contributed by atoms with Crippen molar-refractivity contribution < 1.29 is 4.79 Å². The average molecular weight is 384 g/mol. The highest BCUT2D eigenvalue weighted by molar-refractivity contribution is 7.73. The molecule has 1 aromatic heterocycles. The number of benzene rings is 1. The monoisotopic (exact) mass is 383 g/mol. The molecular formula is C15H18ClN5OS2. The van der Waals surface area contributed by atoms with Crippen LogP contribution in [0.1, 0.15) is 0 Å². The summed E-state index contributed by atoms with van der Waals surface area (Å²) in [5.41, 5.74) is 0.596. The summed E-state index contributed by atoms with van der Waals surface area (Å²) >= 11 is 12.7. The van der Waals surface area contributed by atoms with Gasteiger partial charge in [0, 0.05) is 6.54 Å². The Labute approximate surface area is 154 Å². The van der Waals surface area contributed by atoms with Gasteiger partial charge in [0.2, 0.25) is 11.0 Å². The van der Waals surface area contributed by atoms with E-state index in [9.17, 15) is 4.79 Å². The lowest BCUT2D eigenvalue weighted by Gasteiger charge is -2.16. The number of anilines is 2. The van der Waals surface area contributed by atoms with Crippen molar-refractivity contribution in [3.63, 3.8) is 0 Å². The van der Waals surface area contributed by atoms with Gasteiger partial charge in [0.25, 0.3) is 0 Å². The molecule has 0 unspecified atom stereocenters. The molecule has 6 nitrogen and oxygen atoms in total. The summed E-state index contributed by atoms with van der Waals surface area (Å²) in [6, 6.07) is 7.12. The predicted molar refractivity (Wildman–Crippen MR) is 102 cm³/mol. The molecule has 0 atom stereocenters. The second-order valence-electron chi connectivity index (χ2n) is 5.03. The number of rotatable bonds is 8. The van der Waals surface area contributed by atoms with Gasteiger partial charge >= 0.3 is 0 Å². The van der Waals surface area contributed by atoms with Crippen LogP contribution in [0.3, 0.4) is 0 Å². The summed E-state index contributed by atoms with van der Waals surface area (Å²) in [6.45, 7) is 4.88. The van der Waals surface area contributed by atoms with Crippen LogP contribution in [0.25, 0.3) is 0 Å². The van der Waals surface area contributed by atoms with Gasteiger partial charge in [-0.15, -0.1) is 11.7 Å². The number of nitrogens with zero attached hydrogens (tertiary/aromatic N) is 3. The number of halogens is 1. The Morgan fingerprint density at radius 1 is 1.54 bits per heavy atom. The van der Waals surface area contributed by atoms with E-state index in [4.69, 9.17) is 23.8 Å². The molecule has 2 N–H and O–H groups in total. The third kappa shape index (κ3) is 5.41. The molecule has 1 amide bonds. The van der Waals surface area contributed by atoms with Crippen molar-refractivity contribution in [2.45, 2.75) is 6.67 Å². The summed E-state index contributed by atoms with van der Waals surface area (Å²) in [4.78, 5) is 13.9. The molecule has 9 heteroatoms. The number of para-hydroxylation sites is 1. The smallest absolute Gasteiger partial charge is 0.238 e. The van der Waals surface area contributed by atoms with Crippen LogP contribution in [0.4, 0.5) is 10.8 Å². The maximum Gasteiger partial charge on any atom is 0.238 e. The number of aromatic nitrogens is 2.